The second-order valence-electron chi connectivity index (χ2n) is 10.1. The Morgan fingerprint density at radius 2 is 1.77 bits per heavy atom. The van der Waals surface area contributed by atoms with Gasteiger partial charge in [-0.3, -0.25) is 9.59 Å². The molecule has 1 aromatic rings. The van der Waals surface area contributed by atoms with Crippen molar-refractivity contribution in [2.24, 2.45) is 11.8 Å². The van der Waals surface area contributed by atoms with E-state index >= 15 is 0 Å². The second-order valence-corrected chi connectivity index (χ2v) is 10.1. The predicted molar refractivity (Wildman–Crippen MR) is 114 cm³/mol. The summed E-state index contributed by atoms with van der Waals surface area (Å²) < 4.78 is 6.49. The molecule has 2 atom stereocenters. The summed E-state index contributed by atoms with van der Waals surface area (Å²) in [6.45, 7) is 6.05. The highest BCUT2D eigenvalue weighted by Crippen LogP contribution is 2.59. The molecule has 4 fully saturated rings. The highest BCUT2D eigenvalue weighted by molar-refractivity contribution is 5.79. The van der Waals surface area contributed by atoms with Gasteiger partial charge in [0.05, 0.1) is 18.2 Å². The maximum Gasteiger partial charge on any atom is 0.290 e. The fourth-order valence-corrected chi connectivity index (χ4v) is 6.91. The van der Waals surface area contributed by atoms with Gasteiger partial charge in [0, 0.05) is 18.6 Å². The van der Waals surface area contributed by atoms with Crippen LogP contribution in [0.4, 0.5) is 0 Å². The molecular formula is C24H34N2O4. The van der Waals surface area contributed by atoms with E-state index in [2.05, 4.69) is 43.4 Å². The fourth-order valence-electron chi connectivity index (χ4n) is 6.91. The molecule has 4 aliphatic carbocycles. The third kappa shape index (κ3) is 4.26. The normalized spacial score (nSPS) is 33.2. The summed E-state index contributed by atoms with van der Waals surface area (Å²) in [4.78, 5) is 23.3. The van der Waals surface area contributed by atoms with Crippen molar-refractivity contribution >= 4 is 12.4 Å². The van der Waals surface area contributed by atoms with Crippen LogP contribution in [-0.4, -0.2) is 46.2 Å². The van der Waals surface area contributed by atoms with Gasteiger partial charge in [-0.05, 0) is 75.3 Å². The number of hydrogen-bond acceptors (Lipinski definition) is 4. The summed E-state index contributed by atoms with van der Waals surface area (Å²) in [6.07, 6.45) is 7.62. The molecule has 0 radical (unpaired) electrons. The molecule has 0 spiro atoms. The minimum Gasteiger partial charge on any atom is -0.483 e. The van der Waals surface area contributed by atoms with E-state index in [1.165, 1.54) is 43.2 Å². The maximum absolute atomic E-state index is 12.9. The van der Waals surface area contributed by atoms with Crippen molar-refractivity contribution in [3.63, 3.8) is 0 Å². The van der Waals surface area contributed by atoms with E-state index in [-0.39, 0.29) is 29.6 Å². The molecule has 6 nitrogen and oxygen atoms in total. The number of ether oxygens (including phenoxy) is 1. The molecule has 0 aromatic heterocycles. The lowest BCUT2D eigenvalue weighted by Gasteiger charge is -2.62. The zero-order valence-corrected chi connectivity index (χ0v) is 18.1. The number of nitrogens with zero attached hydrogens (tertiary/aromatic N) is 1. The van der Waals surface area contributed by atoms with E-state index in [0.717, 1.165) is 31.3 Å². The van der Waals surface area contributed by atoms with Gasteiger partial charge in [-0.2, -0.15) is 0 Å². The molecule has 4 saturated carbocycles. The van der Waals surface area contributed by atoms with Crippen molar-refractivity contribution in [3.8, 4) is 0 Å². The zero-order valence-electron chi connectivity index (χ0n) is 18.1. The van der Waals surface area contributed by atoms with Crippen LogP contribution >= 0.6 is 0 Å². The molecule has 5 aliphatic rings. The number of hydrogen-bond donors (Lipinski definition) is 2. The Morgan fingerprint density at radius 1 is 1.20 bits per heavy atom. The number of carboxylic acid groups (broad SMARTS) is 1. The van der Waals surface area contributed by atoms with Crippen molar-refractivity contribution in [1.29, 1.82) is 0 Å². The minimum atomic E-state index is -0.250. The van der Waals surface area contributed by atoms with Crippen LogP contribution in [0.5, 0.6) is 0 Å². The lowest BCUT2D eigenvalue weighted by Crippen LogP contribution is -2.66. The van der Waals surface area contributed by atoms with E-state index in [1.54, 1.807) is 0 Å². The number of fused-ring (bicyclic) bond motifs is 1. The number of amides is 1. The summed E-state index contributed by atoms with van der Waals surface area (Å²) in [7, 11) is 0. The third-order valence-electron chi connectivity index (χ3n) is 7.30. The summed E-state index contributed by atoms with van der Waals surface area (Å²) in [5.41, 5.74) is 2.76. The summed E-state index contributed by atoms with van der Waals surface area (Å²) in [5, 5.41) is 10.6. The van der Waals surface area contributed by atoms with E-state index in [4.69, 9.17) is 14.6 Å². The molecule has 0 saturated heterocycles. The number of rotatable bonds is 5. The van der Waals surface area contributed by atoms with Crippen LogP contribution in [-0.2, 0) is 27.4 Å². The van der Waals surface area contributed by atoms with Gasteiger partial charge in [0.25, 0.3) is 6.47 Å². The van der Waals surface area contributed by atoms with Crippen molar-refractivity contribution in [1.82, 2.24) is 10.2 Å². The smallest absolute Gasteiger partial charge is 0.290 e. The first-order valence-corrected chi connectivity index (χ1v) is 11.2. The number of benzene rings is 1. The van der Waals surface area contributed by atoms with Crippen LogP contribution < -0.4 is 5.32 Å². The Hall–Kier alpha value is -1.92. The first-order valence-electron chi connectivity index (χ1n) is 11.2. The van der Waals surface area contributed by atoms with Gasteiger partial charge in [-0.1, -0.05) is 24.3 Å². The summed E-state index contributed by atoms with van der Waals surface area (Å²) >= 11 is 0. The van der Waals surface area contributed by atoms with Crippen LogP contribution in [0.1, 0.15) is 63.5 Å². The van der Waals surface area contributed by atoms with E-state index in [0.29, 0.717) is 6.54 Å². The molecule has 2 N–H and O–H groups in total. The van der Waals surface area contributed by atoms with Gasteiger partial charge in [-0.25, -0.2) is 0 Å². The molecule has 6 heteroatoms. The van der Waals surface area contributed by atoms with Crippen LogP contribution in [0.3, 0.4) is 0 Å². The monoisotopic (exact) mass is 414 g/mol. The maximum atomic E-state index is 12.9. The van der Waals surface area contributed by atoms with Crippen LogP contribution in [0.2, 0.25) is 0 Å². The molecule has 6 rings (SSSR count). The van der Waals surface area contributed by atoms with Crippen LogP contribution in [0, 0.1) is 11.8 Å². The van der Waals surface area contributed by atoms with E-state index < -0.39 is 0 Å². The number of carbonyl (C=O) groups excluding carboxylic acids is 1. The van der Waals surface area contributed by atoms with Crippen molar-refractivity contribution < 1.29 is 19.4 Å². The Morgan fingerprint density at radius 3 is 2.30 bits per heavy atom. The number of nitrogens with one attached hydrogen (secondary N) is 1. The molecule has 30 heavy (non-hydrogen) atoms. The molecule has 1 amide bonds. The molecule has 1 heterocycles. The highest BCUT2D eigenvalue weighted by atomic mass is 16.5. The average molecular weight is 415 g/mol. The zero-order chi connectivity index (χ0) is 21.4. The van der Waals surface area contributed by atoms with Gasteiger partial charge in [0.2, 0.25) is 5.91 Å². The Labute approximate surface area is 179 Å². The summed E-state index contributed by atoms with van der Waals surface area (Å²) in [5.74, 6) is 1.77. The van der Waals surface area contributed by atoms with Crippen LogP contribution in [0.15, 0.2) is 24.3 Å². The second kappa shape index (κ2) is 8.31. The minimum absolute atomic E-state index is 0.0537. The van der Waals surface area contributed by atoms with Gasteiger partial charge in [0.1, 0.15) is 0 Å². The quantitative estimate of drug-likeness (QED) is 0.723. The van der Waals surface area contributed by atoms with E-state index in [1.807, 2.05) is 4.90 Å². The highest BCUT2D eigenvalue weighted by Gasteiger charge is 2.58. The topological polar surface area (TPSA) is 78.9 Å². The van der Waals surface area contributed by atoms with Gasteiger partial charge in [0.15, 0.2) is 0 Å². The van der Waals surface area contributed by atoms with Gasteiger partial charge in [-0.15, -0.1) is 0 Å². The first-order chi connectivity index (χ1) is 14.4. The average Bonchev–Trinajstić information content (AvgIpc) is 3.09. The Kier molecular flexibility index (Phi) is 5.90. The lowest BCUT2D eigenvalue weighted by molar-refractivity contribution is -0.192. The van der Waals surface area contributed by atoms with Gasteiger partial charge >= 0.3 is 0 Å². The van der Waals surface area contributed by atoms with Crippen molar-refractivity contribution in [2.45, 2.75) is 82.7 Å². The van der Waals surface area contributed by atoms with Crippen molar-refractivity contribution in [2.75, 3.05) is 6.54 Å². The standard InChI is InChI=1S/C23H32N2O2.CH2O2/c1-16(2)27-23-10-17-7-18(11-23)9-22(8-17,15-23)24-12-21(26)25-13-19-5-3-4-6-20(19)14-25;2-1-3/h3-6,16-18,24H,7-15H2,1-2H3;1H,(H,2,3). The SMILES string of the molecule is CC(C)OC12CC3CC(CC(NCC(=O)N4Cc5ccccc5C4)(C3)C1)C2.O=CO. The molecule has 4 bridgehead atoms. The Balaban J connectivity index is 0.000000687. The largest absolute Gasteiger partial charge is 0.483 e. The first kappa shape index (κ1) is 21.3. The summed E-state index contributed by atoms with van der Waals surface area (Å²) in [6, 6.07) is 8.41. The van der Waals surface area contributed by atoms with Crippen molar-refractivity contribution in [3.05, 3.63) is 35.4 Å². The molecule has 2 unspecified atom stereocenters. The molecule has 164 valence electrons. The van der Waals surface area contributed by atoms with Crippen LogP contribution in [0.25, 0.3) is 0 Å². The lowest BCUT2D eigenvalue weighted by atomic mass is 9.51. The molecular weight excluding hydrogens is 380 g/mol. The third-order valence-corrected chi connectivity index (χ3v) is 7.30. The van der Waals surface area contributed by atoms with E-state index in [9.17, 15) is 4.79 Å². The Bertz CT molecular complexity index is 749. The van der Waals surface area contributed by atoms with Gasteiger partial charge < -0.3 is 20.1 Å². The molecule has 1 aliphatic heterocycles. The number of carbonyl (C=O) groups is 2. The predicted octanol–water partition coefficient (Wildman–Crippen LogP) is 3.34. The molecule has 1 aromatic carbocycles. The fraction of sp³-hybridized carbons (Fsp3) is 0.667.